The lowest BCUT2D eigenvalue weighted by Crippen LogP contribution is -2.51. The Morgan fingerprint density at radius 3 is 2.70 bits per heavy atom. The van der Waals surface area contributed by atoms with E-state index in [0.717, 1.165) is 16.4 Å². The normalized spacial score (nSPS) is 24.8. The third kappa shape index (κ3) is 2.98. The predicted octanol–water partition coefficient (Wildman–Crippen LogP) is 0.702. The third-order valence-electron chi connectivity index (χ3n) is 3.07. The van der Waals surface area contributed by atoms with Crippen molar-refractivity contribution >= 4 is 10.0 Å². The van der Waals surface area contributed by atoms with Crippen LogP contribution in [0.5, 0.6) is 0 Å². The summed E-state index contributed by atoms with van der Waals surface area (Å²) in [5.74, 6) is -1.93. The minimum absolute atomic E-state index is 0.0555. The zero-order valence-electron chi connectivity index (χ0n) is 10.9. The first-order chi connectivity index (χ1) is 9.34. The van der Waals surface area contributed by atoms with Gasteiger partial charge in [-0.3, -0.25) is 0 Å². The average molecular weight is 306 g/mol. The molecule has 0 spiro atoms. The Morgan fingerprint density at radius 1 is 1.40 bits per heavy atom. The van der Waals surface area contributed by atoms with Crippen LogP contribution >= 0.6 is 0 Å². The summed E-state index contributed by atoms with van der Waals surface area (Å²) in [5, 5.41) is 0. The zero-order chi connectivity index (χ0) is 14.9. The summed E-state index contributed by atoms with van der Waals surface area (Å²) in [6.45, 7) is 2.04. The van der Waals surface area contributed by atoms with Crippen LogP contribution in [-0.4, -0.2) is 44.6 Å². The molecule has 5 nitrogen and oxygen atoms in total. The molecule has 0 radical (unpaired) electrons. The SMILES string of the molecule is CC1CN(S(=O)(=O)c2ccc(F)cc2F)CC(CN)O1. The molecular formula is C12H16F2N2O3S. The summed E-state index contributed by atoms with van der Waals surface area (Å²) >= 11 is 0. The number of hydrogen-bond acceptors (Lipinski definition) is 4. The molecule has 1 aromatic carbocycles. The van der Waals surface area contributed by atoms with E-state index in [2.05, 4.69) is 0 Å². The van der Waals surface area contributed by atoms with Gasteiger partial charge in [0.2, 0.25) is 10.0 Å². The minimum Gasteiger partial charge on any atom is -0.371 e. The molecule has 2 atom stereocenters. The molecular weight excluding hydrogens is 290 g/mol. The van der Waals surface area contributed by atoms with Crippen molar-refractivity contribution in [2.75, 3.05) is 19.6 Å². The smallest absolute Gasteiger partial charge is 0.246 e. The van der Waals surface area contributed by atoms with Gasteiger partial charge in [-0.2, -0.15) is 4.31 Å². The number of ether oxygens (including phenoxy) is 1. The zero-order valence-corrected chi connectivity index (χ0v) is 11.7. The van der Waals surface area contributed by atoms with Crippen LogP contribution in [0.3, 0.4) is 0 Å². The van der Waals surface area contributed by atoms with Crippen molar-refractivity contribution in [2.45, 2.75) is 24.0 Å². The van der Waals surface area contributed by atoms with Crippen molar-refractivity contribution in [3.63, 3.8) is 0 Å². The van der Waals surface area contributed by atoms with E-state index in [0.29, 0.717) is 6.07 Å². The monoisotopic (exact) mass is 306 g/mol. The molecule has 0 aliphatic carbocycles. The second kappa shape index (κ2) is 5.72. The molecule has 112 valence electrons. The van der Waals surface area contributed by atoms with E-state index >= 15 is 0 Å². The summed E-state index contributed by atoms with van der Waals surface area (Å²) in [5.41, 5.74) is 5.49. The van der Waals surface area contributed by atoms with E-state index in [1.165, 1.54) is 0 Å². The Bertz CT molecular complexity index is 594. The van der Waals surface area contributed by atoms with Crippen LogP contribution < -0.4 is 5.73 Å². The van der Waals surface area contributed by atoms with E-state index in [-0.39, 0.29) is 25.7 Å². The molecule has 0 bridgehead atoms. The van der Waals surface area contributed by atoms with E-state index in [4.69, 9.17) is 10.5 Å². The van der Waals surface area contributed by atoms with Gasteiger partial charge in [-0.25, -0.2) is 17.2 Å². The molecule has 2 rings (SSSR count). The van der Waals surface area contributed by atoms with Crippen LogP contribution in [0.1, 0.15) is 6.92 Å². The molecule has 1 aliphatic heterocycles. The van der Waals surface area contributed by atoms with Crippen LogP contribution in [0, 0.1) is 11.6 Å². The Morgan fingerprint density at radius 2 is 2.10 bits per heavy atom. The van der Waals surface area contributed by atoms with Crippen molar-refractivity contribution in [1.29, 1.82) is 0 Å². The number of nitrogens with zero attached hydrogens (tertiary/aromatic N) is 1. The van der Waals surface area contributed by atoms with Gasteiger partial charge < -0.3 is 10.5 Å². The summed E-state index contributed by atoms with van der Waals surface area (Å²) in [7, 11) is -4.03. The highest BCUT2D eigenvalue weighted by atomic mass is 32.2. The molecule has 20 heavy (non-hydrogen) atoms. The van der Waals surface area contributed by atoms with Gasteiger partial charge in [-0.05, 0) is 19.1 Å². The van der Waals surface area contributed by atoms with Crippen molar-refractivity contribution in [3.8, 4) is 0 Å². The number of nitrogens with two attached hydrogens (primary N) is 1. The highest BCUT2D eigenvalue weighted by molar-refractivity contribution is 7.89. The first-order valence-corrected chi connectivity index (χ1v) is 7.59. The fourth-order valence-electron chi connectivity index (χ4n) is 2.15. The van der Waals surface area contributed by atoms with E-state index < -0.39 is 32.7 Å². The molecule has 1 aromatic rings. The fraction of sp³-hybridized carbons (Fsp3) is 0.500. The lowest BCUT2D eigenvalue weighted by Gasteiger charge is -2.35. The molecule has 0 amide bonds. The van der Waals surface area contributed by atoms with Crippen molar-refractivity contribution in [1.82, 2.24) is 4.31 Å². The number of benzene rings is 1. The third-order valence-corrected chi connectivity index (χ3v) is 4.93. The molecule has 1 fully saturated rings. The highest BCUT2D eigenvalue weighted by Gasteiger charge is 2.34. The number of sulfonamides is 1. The summed E-state index contributed by atoms with van der Waals surface area (Å²) in [4.78, 5) is -0.538. The van der Waals surface area contributed by atoms with Gasteiger partial charge in [0.05, 0.1) is 12.2 Å². The largest absolute Gasteiger partial charge is 0.371 e. The molecule has 1 heterocycles. The van der Waals surface area contributed by atoms with Crippen molar-refractivity contribution < 1.29 is 21.9 Å². The van der Waals surface area contributed by atoms with Crippen LogP contribution in [0.2, 0.25) is 0 Å². The Labute approximate surface area is 116 Å². The van der Waals surface area contributed by atoms with Crippen molar-refractivity contribution in [2.24, 2.45) is 5.73 Å². The first kappa shape index (κ1) is 15.3. The van der Waals surface area contributed by atoms with Crippen LogP contribution in [0.25, 0.3) is 0 Å². The van der Waals surface area contributed by atoms with Gasteiger partial charge in [0.25, 0.3) is 0 Å². The maximum absolute atomic E-state index is 13.7. The lowest BCUT2D eigenvalue weighted by molar-refractivity contribution is -0.0486. The molecule has 2 unspecified atom stereocenters. The van der Waals surface area contributed by atoms with E-state index in [1.54, 1.807) is 6.92 Å². The van der Waals surface area contributed by atoms with Gasteiger partial charge in [-0.1, -0.05) is 0 Å². The van der Waals surface area contributed by atoms with Gasteiger partial charge >= 0.3 is 0 Å². The topological polar surface area (TPSA) is 72.6 Å². The fourth-order valence-corrected chi connectivity index (χ4v) is 3.75. The molecule has 1 aliphatic rings. The summed E-state index contributed by atoms with van der Waals surface area (Å²) < 4.78 is 57.9. The number of halogens is 2. The maximum atomic E-state index is 13.7. The summed E-state index contributed by atoms with van der Waals surface area (Å²) in [6.07, 6.45) is -0.771. The molecule has 1 saturated heterocycles. The highest BCUT2D eigenvalue weighted by Crippen LogP contribution is 2.23. The molecule has 0 aromatic heterocycles. The van der Waals surface area contributed by atoms with Gasteiger partial charge in [-0.15, -0.1) is 0 Å². The van der Waals surface area contributed by atoms with Crippen molar-refractivity contribution in [3.05, 3.63) is 29.8 Å². The van der Waals surface area contributed by atoms with Gasteiger partial charge in [0.15, 0.2) is 0 Å². The standard InChI is InChI=1S/C12H16F2N2O3S/c1-8-6-16(7-10(5-15)19-8)20(17,18)12-3-2-9(13)4-11(12)14/h2-4,8,10H,5-7,15H2,1H3. The van der Waals surface area contributed by atoms with E-state index in [1.807, 2.05) is 0 Å². The van der Waals surface area contributed by atoms with Crippen LogP contribution in [0.15, 0.2) is 23.1 Å². The predicted molar refractivity (Wildman–Crippen MR) is 68.5 cm³/mol. The second-order valence-electron chi connectivity index (χ2n) is 4.70. The quantitative estimate of drug-likeness (QED) is 0.892. The minimum atomic E-state index is -4.03. The van der Waals surface area contributed by atoms with Gasteiger partial charge in [0, 0.05) is 25.7 Å². The Kier molecular flexibility index (Phi) is 4.38. The van der Waals surface area contributed by atoms with Gasteiger partial charge in [0.1, 0.15) is 16.5 Å². The Balaban J connectivity index is 2.34. The number of morpholine rings is 1. The molecule has 0 saturated carbocycles. The number of rotatable bonds is 3. The van der Waals surface area contributed by atoms with Crippen LogP contribution in [-0.2, 0) is 14.8 Å². The number of hydrogen-bond donors (Lipinski definition) is 1. The first-order valence-electron chi connectivity index (χ1n) is 6.15. The molecule has 2 N–H and O–H groups in total. The summed E-state index contributed by atoms with van der Waals surface area (Å²) in [6, 6.07) is 2.40. The second-order valence-corrected chi connectivity index (χ2v) is 6.61. The van der Waals surface area contributed by atoms with E-state index in [9.17, 15) is 17.2 Å². The lowest BCUT2D eigenvalue weighted by atomic mass is 10.2. The average Bonchev–Trinajstić information content (AvgIpc) is 2.37. The van der Waals surface area contributed by atoms with Crippen LogP contribution in [0.4, 0.5) is 8.78 Å². The Hall–Kier alpha value is -1.09. The maximum Gasteiger partial charge on any atom is 0.246 e. The molecule has 8 heteroatoms.